The van der Waals surface area contributed by atoms with Gasteiger partial charge in [0.15, 0.2) is 0 Å². The fourth-order valence-electron chi connectivity index (χ4n) is 2.22. The number of rotatable bonds is 2. The summed E-state index contributed by atoms with van der Waals surface area (Å²) in [4.78, 5) is 26.6. The van der Waals surface area contributed by atoms with Gasteiger partial charge in [-0.3, -0.25) is 14.5 Å². The summed E-state index contributed by atoms with van der Waals surface area (Å²) in [5.41, 5.74) is 2.54. The van der Waals surface area contributed by atoms with Crippen LogP contribution in [0.5, 0.6) is 0 Å². The highest BCUT2D eigenvalue weighted by molar-refractivity contribution is 7.11. The van der Waals surface area contributed by atoms with Crippen LogP contribution in [0.4, 0.5) is 11.4 Å². The number of amides is 2. The summed E-state index contributed by atoms with van der Waals surface area (Å²) in [5, 5.41) is 4.76. The van der Waals surface area contributed by atoms with Crippen LogP contribution in [0.15, 0.2) is 41.8 Å². The molecule has 0 bridgehead atoms. The predicted octanol–water partition coefficient (Wildman–Crippen LogP) is 3.06. The third-order valence-corrected chi connectivity index (χ3v) is 4.30. The Bertz CT molecular complexity index is 733. The zero-order valence-corrected chi connectivity index (χ0v) is 12.3. The molecule has 5 heteroatoms. The van der Waals surface area contributed by atoms with Crippen LogP contribution in [0.25, 0.3) is 6.08 Å². The minimum absolute atomic E-state index is 0.0452. The van der Waals surface area contributed by atoms with Crippen LogP contribution in [-0.4, -0.2) is 18.4 Å². The van der Waals surface area contributed by atoms with Gasteiger partial charge in [-0.05, 0) is 42.1 Å². The van der Waals surface area contributed by atoms with Gasteiger partial charge < -0.3 is 5.32 Å². The Hall–Kier alpha value is -2.40. The molecule has 3 rings (SSSR count). The third-order valence-electron chi connectivity index (χ3n) is 3.32. The van der Waals surface area contributed by atoms with Crippen LogP contribution in [0.1, 0.15) is 10.4 Å². The zero-order chi connectivity index (χ0) is 14.8. The normalized spacial score (nSPS) is 14.1. The standard InChI is InChI=1S/C16H14N2O2S/c1-11-8-9-21-14(11)6-7-16(20)18-10-15(19)17-12-4-2-3-5-13(12)18/h2-9H,10H2,1H3,(H,17,19). The largest absolute Gasteiger partial charge is 0.323 e. The van der Waals surface area contributed by atoms with Gasteiger partial charge in [-0.1, -0.05) is 12.1 Å². The highest BCUT2D eigenvalue weighted by Crippen LogP contribution is 2.29. The number of hydrogen-bond acceptors (Lipinski definition) is 3. The first-order chi connectivity index (χ1) is 10.1. The van der Waals surface area contributed by atoms with E-state index in [2.05, 4.69) is 5.32 Å². The van der Waals surface area contributed by atoms with Crippen molar-refractivity contribution in [1.82, 2.24) is 0 Å². The van der Waals surface area contributed by atoms with Crippen molar-refractivity contribution in [3.63, 3.8) is 0 Å². The second kappa shape index (κ2) is 5.54. The summed E-state index contributed by atoms with van der Waals surface area (Å²) in [6, 6.07) is 9.32. The first kappa shape index (κ1) is 13.6. The molecule has 0 atom stereocenters. The van der Waals surface area contributed by atoms with E-state index < -0.39 is 0 Å². The molecule has 0 aliphatic carbocycles. The van der Waals surface area contributed by atoms with Gasteiger partial charge in [0.1, 0.15) is 6.54 Å². The van der Waals surface area contributed by atoms with Crippen molar-refractivity contribution in [2.45, 2.75) is 6.92 Å². The number of benzene rings is 1. The van der Waals surface area contributed by atoms with Gasteiger partial charge in [0.2, 0.25) is 5.91 Å². The Morgan fingerprint density at radius 1 is 1.33 bits per heavy atom. The molecule has 4 nitrogen and oxygen atoms in total. The van der Waals surface area contributed by atoms with Crippen LogP contribution in [0, 0.1) is 6.92 Å². The number of aryl methyl sites for hydroxylation is 1. The molecule has 0 spiro atoms. The quantitative estimate of drug-likeness (QED) is 0.866. The second-order valence-corrected chi connectivity index (χ2v) is 5.74. The zero-order valence-electron chi connectivity index (χ0n) is 11.5. The fourth-order valence-corrected chi connectivity index (χ4v) is 3.04. The van der Waals surface area contributed by atoms with Crippen molar-refractivity contribution in [2.24, 2.45) is 0 Å². The Morgan fingerprint density at radius 2 is 2.14 bits per heavy atom. The summed E-state index contributed by atoms with van der Waals surface area (Å²) in [6.45, 7) is 2.05. The minimum Gasteiger partial charge on any atom is -0.323 e. The molecule has 2 amide bonds. The lowest BCUT2D eigenvalue weighted by Crippen LogP contribution is -2.41. The average molecular weight is 298 g/mol. The van der Waals surface area contributed by atoms with Crippen molar-refractivity contribution in [2.75, 3.05) is 16.8 Å². The fraction of sp³-hybridized carbons (Fsp3) is 0.125. The van der Waals surface area contributed by atoms with Crippen LogP contribution >= 0.6 is 11.3 Å². The summed E-state index contributed by atoms with van der Waals surface area (Å²) in [5.74, 6) is -0.368. The average Bonchev–Trinajstić information content (AvgIpc) is 2.89. The lowest BCUT2D eigenvalue weighted by molar-refractivity contribution is -0.119. The summed E-state index contributed by atoms with van der Waals surface area (Å²) >= 11 is 1.59. The smallest absolute Gasteiger partial charge is 0.251 e. The van der Waals surface area contributed by atoms with E-state index >= 15 is 0 Å². The van der Waals surface area contributed by atoms with Crippen molar-refractivity contribution >= 4 is 40.6 Å². The van der Waals surface area contributed by atoms with E-state index in [4.69, 9.17) is 0 Å². The van der Waals surface area contributed by atoms with E-state index in [0.717, 1.165) is 16.1 Å². The number of thiophene rings is 1. The van der Waals surface area contributed by atoms with E-state index in [0.29, 0.717) is 5.69 Å². The van der Waals surface area contributed by atoms with Crippen molar-refractivity contribution in [3.05, 3.63) is 52.2 Å². The van der Waals surface area contributed by atoms with E-state index in [1.807, 2.05) is 36.6 Å². The molecule has 21 heavy (non-hydrogen) atoms. The van der Waals surface area contributed by atoms with Crippen molar-refractivity contribution in [1.29, 1.82) is 0 Å². The molecule has 1 N–H and O–H groups in total. The summed E-state index contributed by atoms with van der Waals surface area (Å²) < 4.78 is 0. The van der Waals surface area contributed by atoms with Crippen LogP contribution < -0.4 is 10.2 Å². The van der Waals surface area contributed by atoms with E-state index in [-0.39, 0.29) is 18.4 Å². The number of nitrogens with one attached hydrogen (secondary N) is 1. The Kier molecular flexibility index (Phi) is 3.58. The van der Waals surface area contributed by atoms with Gasteiger partial charge in [-0.2, -0.15) is 0 Å². The maximum absolute atomic E-state index is 12.4. The molecule has 1 aromatic heterocycles. The number of anilines is 2. The second-order valence-electron chi connectivity index (χ2n) is 4.79. The molecule has 2 aromatic rings. The van der Waals surface area contributed by atoms with Gasteiger partial charge in [0, 0.05) is 11.0 Å². The van der Waals surface area contributed by atoms with Gasteiger partial charge >= 0.3 is 0 Å². The van der Waals surface area contributed by atoms with Crippen molar-refractivity contribution in [3.8, 4) is 0 Å². The number of fused-ring (bicyclic) bond motifs is 1. The molecule has 0 radical (unpaired) electrons. The maximum atomic E-state index is 12.4. The molecular formula is C16H14N2O2S. The van der Waals surface area contributed by atoms with Crippen LogP contribution in [0.2, 0.25) is 0 Å². The van der Waals surface area contributed by atoms with E-state index in [9.17, 15) is 9.59 Å². The molecule has 1 aromatic carbocycles. The lowest BCUT2D eigenvalue weighted by atomic mass is 10.2. The van der Waals surface area contributed by atoms with E-state index in [1.54, 1.807) is 23.5 Å². The molecule has 0 fully saturated rings. The highest BCUT2D eigenvalue weighted by atomic mass is 32.1. The topological polar surface area (TPSA) is 49.4 Å². The number of carbonyl (C=O) groups excluding carboxylic acids is 2. The van der Waals surface area contributed by atoms with E-state index in [1.165, 1.54) is 11.0 Å². The number of hydrogen-bond donors (Lipinski definition) is 1. The number of para-hydroxylation sites is 2. The molecule has 1 aliphatic heterocycles. The predicted molar refractivity (Wildman–Crippen MR) is 85.5 cm³/mol. The first-order valence-electron chi connectivity index (χ1n) is 6.58. The Morgan fingerprint density at radius 3 is 2.90 bits per heavy atom. The van der Waals surface area contributed by atoms with Crippen LogP contribution in [0.3, 0.4) is 0 Å². The third kappa shape index (κ3) is 2.73. The number of nitrogens with zero attached hydrogens (tertiary/aromatic N) is 1. The van der Waals surface area contributed by atoms with Crippen molar-refractivity contribution < 1.29 is 9.59 Å². The summed E-state index contributed by atoms with van der Waals surface area (Å²) in [6.07, 6.45) is 3.33. The molecule has 0 saturated carbocycles. The first-order valence-corrected chi connectivity index (χ1v) is 7.45. The van der Waals surface area contributed by atoms with Gasteiger partial charge in [-0.15, -0.1) is 11.3 Å². The molecule has 2 heterocycles. The van der Waals surface area contributed by atoms with Gasteiger partial charge in [0.25, 0.3) is 5.91 Å². The molecule has 0 unspecified atom stereocenters. The molecular weight excluding hydrogens is 284 g/mol. The Labute approximate surface area is 126 Å². The highest BCUT2D eigenvalue weighted by Gasteiger charge is 2.25. The maximum Gasteiger partial charge on any atom is 0.251 e. The lowest BCUT2D eigenvalue weighted by Gasteiger charge is -2.28. The van der Waals surface area contributed by atoms with Gasteiger partial charge in [-0.25, -0.2) is 0 Å². The SMILES string of the molecule is Cc1ccsc1C=CC(=O)N1CC(=O)Nc2ccccc21. The molecule has 106 valence electrons. The molecule has 0 saturated heterocycles. The summed E-state index contributed by atoms with van der Waals surface area (Å²) in [7, 11) is 0. The minimum atomic E-state index is -0.190. The van der Waals surface area contributed by atoms with Gasteiger partial charge in [0.05, 0.1) is 11.4 Å². The Balaban J connectivity index is 1.87. The monoisotopic (exact) mass is 298 g/mol. The number of carbonyl (C=O) groups is 2. The molecule has 1 aliphatic rings. The van der Waals surface area contributed by atoms with Crippen LogP contribution in [-0.2, 0) is 9.59 Å².